The third kappa shape index (κ3) is 5.39. The van der Waals surface area contributed by atoms with Crippen molar-refractivity contribution in [3.63, 3.8) is 0 Å². The quantitative estimate of drug-likeness (QED) is 0.770. The summed E-state index contributed by atoms with van der Waals surface area (Å²) in [5.74, 6) is 1.43. The van der Waals surface area contributed by atoms with Crippen LogP contribution in [0.1, 0.15) is 34.1 Å². The van der Waals surface area contributed by atoms with Crippen LogP contribution in [-0.4, -0.2) is 25.4 Å². The minimum atomic E-state index is -0.176. The second kappa shape index (κ2) is 6.66. The SMILES string of the molecule is COC(C)(C)CCOc1ccc(N)c(OC(C)C)c1. The molecule has 0 radical (unpaired) electrons. The molecule has 0 aromatic heterocycles. The molecule has 1 rings (SSSR count). The van der Waals surface area contributed by atoms with E-state index in [1.54, 1.807) is 13.2 Å². The first-order chi connectivity index (χ1) is 8.84. The summed E-state index contributed by atoms with van der Waals surface area (Å²) in [5, 5.41) is 0. The maximum Gasteiger partial charge on any atom is 0.146 e. The Balaban J connectivity index is 2.59. The first-order valence-corrected chi connectivity index (χ1v) is 6.58. The Morgan fingerprint density at radius 1 is 1.26 bits per heavy atom. The van der Waals surface area contributed by atoms with Crippen LogP contribution in [0.2, 0.25) is 0 Å². The summed E-state index contributed by atoms with van der Waals surface area (Å²) in [6.07, 6.45) is 0.902. The van der Waals surface area contributed by atoms with Gasteiger partial charge in [0.1, 0.15) is 11.5 Å². The number of rotatable bonds is 7. The summed E-state index contributed by atoms with van der Waals surface area (Å²) in [7, 11) is 1.71. The van der Waals surface area contributed by atoms with Gasteiger partial charge in [-0.25, -0.2) is 0 Å². The third-order valence-corrected chi connectivity index (χ3v) is 2.87. The van der Waals surface area contributed by atoms with Crippen molar-refractivity contribution in [3.8, 4) is 11.5 Å². The van der Waals surface area contributed by atoms with Crippen LogP contribution in [0.25, 0.3) is 0 Å². The van der Waals surface area contributed by atoms with E-state index in [1.807, 2.05) is 39.8 Å². The van der Waals surface area contributed by atoms with Gasteiger partial charge in [-0.1, -0.05) is 0 Å². The molecule has 0 heterocycles. The first-order valence-electron chi connectivity index (χ1n) is 6.58. The normalized spacial score (nSPS) is 11.7. The van der Waals surface area contributed by atoms with Crippen molar-refractivity contribution in [2.24, 2.45) is 0 Å². The molecule has 0 unspecified atom stereocenters. The van der Waals surface area contributed by atoms with Gasteiger partial charge in [0.05, 0.1) is 24.0 Å². The highest BCUT2D eigenvalue weighted by molar-refractivity contribution is 5.55. The Bertz CT molecular complexity index is 402. The Hall–Kier alpha value is -1.42. The molecule has 0 fully saturated rings. The van der Waals surface area contributed by atoms with Gasteiger partial charge in [-0.05, 0) is 39.8 Å². The van der Waals surface area contributed by atoms with E-state index < -0.39 is 0 Å². The summed E-state index contributed by atoms with van der Waals surface area (Å²) >= 11 is 0. The fraction of sp³-hybridized carbons (Fsp3) is 0.600. The number of methoxy groups -OCH3 is 1. The van der Waals surface area contributed by atoms with E-state index in [0.717, 1.165) is 12.2 Å². The van der Waals surface area contributed by atoms with Crippen LogP contribution < -0.4 is 15.2 Å². The Labute approximate surface area is 115 Å². The summed E-state index contributed by atoms with van der Waals surface area (Å²) in [4.78, 5) is 0. The van der Waals surface area contributed by atoms with Gasteiger partial charge in [-0.3, -0.25) is 0 Å². The van der Waals surface area contributed by atoms with Gasteiger partial charge in [-0.2, -0.15) is 0 Å². The van der Waals surface area contributed by atoms with E-state index in [9.17, 15) is 0 Å². The maximum atomic E-state index is 5.86. The summed E-state index contributed by atoms with van der Waals surface area (Å²) in [5.41, 5.74) is 6.30. The minimum Gasteiger partial charge on any atom is -0.493 e. The fourth-order valence-corrected chi connectivity index (χ4v) is 1.48. The molecule has 0 spiro atoms. The van der Waals surface area contributed by atoms with E-state index in [-0.39, 0.29) is 11.7 Å². The maximum absolute atomic E-state index is 5.86. The van der Waals surface area contributed by atoms with Gasteiger partial charge in [-0.15, -0.1) is 0 Å². The van der Waals surface area contributed by atoms with Crippen LogP contribution in [0, 0.1) is 0 Å². The smallest absolute Gasteiger partial charge is 0.146 e. The number of nitrogen functional groups attached to an aromatic ring is 1. The second-order valence-electron chi connectivity index (χ2n) is 5.43. The Morgan fingerprint density at radius 2 is 1.95 bits per heavy atom. The van der Waals surface area contributed by atoms with Crippen molar-refractivity contribution in [1.29, 1.82) is 0 Å². The Kier molecular flexibility index (Phi) is 5.48. The third-order valence-electron chi connectivity index (χ3n) is 2.87. The predicted octanol–water partition coefficient (Wildman–Crippen LogP) is 3.25. The lowest BCUT2D eigenvalue weighted by molar-refractivity contribution is 0.00544. The molecule has 1 aromatic carbocycles. The molecule has 4 nitrogen and oxygen atoms in total. The van der Waals surface area contributed by atoms with Gasteiger partial charge in [0.15, 0.2) is 0 Å². The molecule has 0 amide bonds. The van der Waals surface area contributed by atoms with Crippen molar-refractivity contribution in [2.45, 2.75) is 45.8 Å². The largest absolute Gasteiger partial charge is 0.493 e. The molecule has 1 aromatic rings. The van der Waals surface area contributed by atoms with Gasteiger partial charge < -0.3 is 19.9 Å². The molecule has 0 aliphatic heterocycles. The average Bonchev–Trinajstić information content (AvgIpc) is 2.32. The van der Waals surface area contributed by atoms with E-state index >= 15 is 0 Å². The fourth-order valence-electron chi connectivity index (χ4n) is 1.48. The molecule has 19 heavy (non-hydrogen) atoms. The highest BCUT2D eigenvalue weighted by Crippen LogP contribution is 2.28. The standard InChI is InChI=1S/C15H25NO3/c1-11(2)19-14-10-12(6-7-13(14)16)18-9-8-15(3,4)17-5/h6-7,10-11H,8-9,16H2,1-5H3. The van der Waals surface area contributed by atoms with Crippen LogP contribution in [0.5, 0.6) is 11.5 Å². The molecule has 0 saturated carbocycles. The van der Waals surface area contributed by atoms with Crippen LogP contribution in [0.15, 0.2) is 18.2 Å². The van der Waals surface area contributed by atoms with E-state index in [4.69, 9.17) is 19.9 Å². The van der Waals surface area contributed by atoms with Crippen LogP contribution in [-0.2, 0) is 4.74 Å². The monoisotopic (exact) mass is 267 g/mol. The van der Waals surface area contributed by atoms with Crippen LogP contribution in [0.4, 0.5) is 5.69 Å². The molecular formula is C15H25NO3. The van der Waals surface area contributed by atoms with Crippen molar-refractivity contribution in [1.82, 2.24) is 0 Å². The zero-order valence-corrected chi connectivity index (χ0v) is 12.5. The van der Waals surface area contributed by atoms with Gasteiger partial charge in [0.2, 0.25) is 0 Å². The topological polar surface area (TPSA) is 53.7 Å². The summed E-state index contributed by atoms with van der Waals surface area (Å²) in [6, 6.07) is 5.48. The zero-order chi connectivity index (χ0) is 14.5. The molecule has 0 atom stereocenters. The number of anilines is 1. The molecule has 0 bridgehead atoms. The number of hydrogen-bond acceptors (Lipinski definition) is 4. The molecule has 0 aliphatic carbocycles. The van der Waals surface area contributed by atoms with E-state index in [2.05, 4.69) is 0 Å². The lowest BCUT2D eigenvalue weighted by Gasteiger charge is -2.22. The average molecular weight is 267 g/mol. The molecule has 0 saturated heterocycles. The van der Waals surface area contributed by atoms with E-state index in [0.29, 0.717) is 18.0 Å². The molecule has 108 valence electrons. The summed E-state index contributed by atoms with van der Waals surface area (Å²) in [6.45, 7) is 8.59. The number of benzene rings is 1. The molecule has 0 aliphatic rings. The minimum absolute atomic E-state index is 0.0879. The zero-order valence-electron chi connectivity index (χ0n) is 12.5. The van der Waals surface area contributed by atoms with Gasteiger partial charge >= 0.3 is 0 Å². The molecule has 2 N–H and O–H groups in total. The van der Waals surface area contributed by atoms with Crippen molar-refractivity contribution >= 4 is 5.69 Å². The highest BCUT2D eigenvalue weighted by atomic mass is 16.5. The van der Waals surface area contributed by atoms with Crippen molar-refractivity contribution in [2.75, 3.05) is 19.5 Å². The van der Waals surface area contributed by atoms with Gasteiger partial charge in [0.25, 0.3) is 0 Å². The summed E-state index contributed by atoms with van der Waals surface area (Å²) < 4.78 is 16.7. The number of nitrogens with two attached hydrogens (primary N) is 1. The second-order valence-corrected chi connectivity index (χ2v) is 5.43. The van der Waals surface area contributed by atoms with Crippen LogP contribution >= 0.6 is 0 Å². The number of hydrogen-bond donors (Lipinski definition) is 1. The number of ether oxygens (including phenoxy) is 3. The van der Waals surface area contributed by atoms with Crippen molar-refractivity contribution in [3.05, 3.63) is 18.2 Å². The van der Waals surface area contributed by atoms with Crippen LogP contribution in [0.3, 0.4) is 0 Å². The molecular weight excluding hydrogens is 242 g/mol. The Morgan fingerprint density at radius 3 is 2.53 bits per heavy atom. The molecule has 4 heteroatoms. The first kappa shape index (κ1) is 15.6. The van der Waals surface area contributed by atoms with E-state index in [1.165, 1.54) is 0 Å². The van der Waals surface area contributed by atoms with Gasteiger partial charge in [0, 0.05) is 19.6 Å². The lowest BCUT2D eigenvalue weighted by Crippen LogP contribution is -2.25. The lowest BCUT2D eigenvalue weighted by atomic mass is 10.1. The van der Waals surface area contributed by atoms with Crippen molar-refractivity contribution < 1.29 is 14.2 Å². The predicted molar refractivity (Wildman–Crippen MR) is 77.8 cm³/mol. The highest BCUT2D eigenvalue weighted by Gasteiger charge is 2.16.